The number of benzene rings is 2. The number of esters is 1. The van der Waals surface area contributed by atoms with Crippen molar-refractivity contribution in [1.29, 1.82) is 0 Å². The van der Waals surface area contributed by atoms with Gasteiger partial charge in [-0.1, -0.05) is 29.8 Å². The summed E-state index contributed by atoms with van der Waals surface area (Å²) in [5.41, 5.74) is 1.54. The second-order valence-corrected chi connectivity index (χ2v) is 10.9. The van der Waals surface area contributed by atoms with Crippen LogP contribution >= 0.6 is 11.6 Å². The highest BCUT2D eigenvalue weighted by molar-refractivity contribution is 6.30. The highest BCUT2D eigenvalue weighted by Gasteiger charge is 2.39. The first-order valence-corrected chi connectivity index (χ1v) is 13.7. The lowest BCUT2D eigenvalue weighted by Gasteiger charge is -2.43. The Morgan fingerprint density at radius 2 is 1.85 bits per heavy atom. The van der Waals surface area contributed by atoms with Crippen LogP contribution < -0.4 is 14.5 Å². The van der Waals surface area contributed by atoms with Crippen LogP contribution in [-0.4, -0.2) is 42.2 Å². The Balaban J connectivity index is 1.54. The standard InChI is InChI=1S/C30H34ClN3O6/c1-6-38-29(37)30(4,5)15-16-39-27-18-26(40-32-27)28(36)33-19(2)17-25(23-9-7-8-10-24(23)33)34(20(3)35)22-13-11-21(31)12-14-22/h7-14,18-19,25H,6,15-17H2,1-5H3/t19?,25-/m1/s1. The maximum atomic E-state index is 13.7. The summed E-state index contributed by atoms with van der Waals surface area (Å²) in [5, 5.41) is 4.49. The molecular formula is C30H34ClN3O6. The van der Waals surface area contributed by atoms with Crippen LogP contribution in [0.3, 0.4) is 0 Å². The number of amides is 2. The smallest absolute Gasteiger partial charge is 0.311 e. The molecule has 40 heavy (non-hydrogen) atoms. The third kappa shape index (κ3) is 6.14. The molecule has 0 radical (unpaired) electrons. The fraction of sp³-hybridized carbons (Fsp3) is 0.400. The molecule has 0 saturated heterocycles. The molecule has 2 heterocycles. The second kappa shape index (κ2) is 12.1. The van der Waals surface area contributed by atoms with Gasteiger partial charge in [0.2, 0.25) is 11.7 Å². The van der Waals surface area contributed by atoms with Crippen LogP contribution in [0.2, 0.25) is 5.02 Å². The van der Waals surface area contributed by atoms with Crippen LogP contribution in [0.5, 0.6) is 5.88 Å². The number of aromatic nitrogens is 1. The van der Waals surface area contributed by atoms with Crippen LogP contribution in [0, 0.1) is 5.41 Å². The van der Waals surface area contributed by atoms with E-state index in [1.807, 2.05) is 43.3 Å². The molecule has 212 valence electrons. The average molecular weight is 568 g/mol. The first-order chi connectivity index (χ1) is 19.0. The van der Waals surface area contributed by atoms with E-state index in [0.717, 1.165) is 11.3 Å². The van der Waals surface area contributed by atoms with Gasteiger partial charge in [-0.25, -0.2) is 0 Å². The Labute approximate surface area is 239 Å². The summed E-state index contributed by atoms with van der Waals surface area (Å²) < 4.78 is 16.2. The van der Waals surface area contributed by atoms with E-state index >= 15 is 0 Å². The van der Waals surface area contributed by atoms with Crippen LogP contribution in [0.15, 0.2) is 59.1 Å². The lowest BCUT2D eigenvalue weighted by molar-refractivity contribution is -0.154. The monoisotopic (exact) mass is 567 g/mol. The molecule has 0 saturated carbocycles. The van der Waals surface area contributed by atoms with Crippen molar-refractivity contribution >= 4 is 40.8 Å². The third-order valence-corrected chi connectivity index (χ3v) is 7.29. The number of para-hydroxylation sites is 1. The van der Waals surface area contributed by atoms with E-state index in [0.29, 0.717) is 30.2 Å². The summed E-state index contributed by atoms with van der Waals surface area (Å²) >= 11 is 6.08. The molecule has 1 aliphatic rings. The van der Waals surface area contributed by atoms with Gasteiger partial charge in [-0.15, -0.1) is 0 Å². The van der Waals surface area contributed by atoms with Crippen molar-refractivity contribution < 1.29 is 28.4 Å². The average Bonchev–Trinajstić information content (AvgIpc) is 3.38. The van der Waals surface area contributed by atoms with E-state index in [2.05, 4.69) is 5.16 Å². The van der Waals surface area contributed by atoms with Crippen molar-refractivity contribution in [2.75, 3.05) is 23.0 Å². The fourth-order valence-corrected chi connectivity index (χ4v) is 5.03. The number of nitrogens with zero attached hydrogens (tertiary/aromatic N) is 3. The Kier molecular flexibility index (Phi) is 8.83. The fourth-order valence-electron chi connectivity index (χ4n) is 4.90. The summed E-state index contributed by atoms with van der Waals surface area (Å²) in [6.07, 6.45) is 0.908. The molecule has 0 spiro atoms. The summed E-state index contributed by atoms with van der Waals surface area (Å²) in [6, 6.07) is 15.6. The number of halogens is 1. The zero-order valence-corrected chi connectivity index (χ0v) is 24.1. The van der Waals surface area contributed by atoms with E-state index < -0.39 is 5.41 Å². The number of hydrogen-bond donors (Lipinski definition) is 0. The molecule has 2 atom stereocenters. The van der Waals surface area contributed by atoms with E-state index in [9.17, 15) is 14.4 Å². The Hall–Kier alpha value is -3.85. The molecule has 0 fully saturated rings. The van der Waals surface area contributed by atoms with Gasteiger partial charge in [-0.05, 0) is 81.6 Å². The Morgan fingerprint density at radius 1 is 1.15 bits per heavy atom. The Morgan fingerprint density at radius 3 is 2.52 bits per heavy atom. The van der Waals surface area contributed by atoms with E-state index in [1.165, 1.54) is 13.0 Å². The van der Waals surface area contributed by atoms with E-state index in [1.54, 1.807) is 42.7 Å². The SMILES string of the molecule is CCOC(=O)C(C)(C)CCOc1cc(C(=O)N2c3ccccc3[C@H](N(C(C)=O)c3ccc(Cl)cc3)CC2C)on1. The third-order valence-electron chi connectivity index (χ3n) is 7.04. The molecule has 1 unspecified atom stereocenters. The van der Waals surface area contributed by atoms with E-state index in [-0.39, 0.29) is 48.1 Å². The van der Waals surface area contributed by atoms with Crippen molar-refractivity contribution in [1.82, 2.24) is 5.16 Å². The maximum Gasteiger partial charge on any atom is 0.311 e. The van der Waals surface area contributed by atoms with Gasteiger partial charge in [0.15, 0.2) is 0 Å². The molecule has 0 N–H and O–H groups in total. The van der Waals surface area contributed by atoms with Gasteiger partial charge in [0.25, 0.3) is 11.8 Å². The number of hydrogen-bond acceptors (Lipinski definition) is 7. The van der Waals surface area contributed by atoms with Crippen LogP contribution in [0.1, 0.15) is 69.6 Å². The van der Waals surface area contributed by atoms with Crippen LogP contribution in [0.25, 0.3) is 0 Å². The predicted octanol–water partition coefficient (Wildman–Crippen LogP) is 6.22. The topological polar surface area (TPSA) is 102 Å². The van der Waals surface area contributed by atoms with E-state index in [4.69, 9.17) is 25.6 Å². The first-order valence-electron chi connectivity index (χ1n) is 13.3. The molecule has 0 aliphatic carbocycles. The van der Waals surface area contributed by atoms with Crippen LogP contribution in [0.4, 0.5) is 11.4 Å². The molecule has 10 heteroatoms. The molecule has 2 aromatic carbocycles. The van der Waals surface area contributed by atoms with Crippen molar-refractivity contribution in [2.24, 2.45) is 5.41 Å². The molecule has 1 aromatic heterocycles. The maximum absolute atomic E-state index is 13.7. The zero-order chi connectivity index (χ0) is 29.0. The molecule has 1 aliphatic heterocycles. The molecule has 4 rings (SSSR count). The number of anilines is 2. The lowest BCUT2D eigenvalue weighted by Crippen LogP contribution is -2.47. The van der Waals surface area contributed by atoms with Crippen LogP contribution in [-0.2, 0) is 14.3 Å². The molecule has 0 bridgehead atoms. The second-order valence-electron chi connectivity index (χ2n) is 10.4. The van der Waals surface area contributed by atoms with Crippen molar-refractivity contribution in [3.8, 4) is 5.88 Å². The van der Waals surface area contributed by atoms with Gasteiger partial charge in [0, 0.05) is 29.4 Å². The molecule has 9 nitrogen and oxygen atoms in total. The molecule has 2 amide bonds. The van der Waals surface area contributed by atoms with Crippen molar-refractivity contribution in [3.63, 3.8) is 0 Å². The lowest BCUT2D eigenvalue weighted by atomic mass is 9.89. The largest absolute Gasteiger partial charge is 0.475 e. The normalized spacial score (nSPS) is 16.7. The van der Waals surface area contributed by atoms with Gasteiger partial charge in [-0.2, -0.15) is 0 Å². The zero-order valence-electron chi connectivity index (χ0n) is 23.3. The molecule has 3 aromatic rings. The molecular weight excluding hydrogens is 534 g/mol. The number of rotatable bonds is 9. The summed E-state index contributed by atoms with van der Waals surface area (Å²) in [7, 11) is 0. The highest BCUT2D eigenvalue weighted by Crippen LogP contribution is 2.43. The number of fused-ring (bicyclic) bond motifs is 1. The van der Waals surface area contributed by atoms with Crippen molar-refractivity contribution in [3.05, 3.63) is 70.9 Å². The number of carbonyl (C=O) groups excluding carboxylic acids is 3. The minimum absolute atomic E-state index is 0.0286. The van der Waals surface area contributed by atoms with Gasteiger partial charge >= 0.3 is 5.97 Å². The van der Waals surface area contributed by atoms with Gasteiger partial charge < -0.3 is 23.8 Å². The minimum Gasteiger partial charge on any atom is -0.475 e. The summed E-state index contributed by atoms with van der Waals surface area (Å²) in [4.78, 5) is 42.1. The van der Waals surface area contributed by atoms with Gasteiger partial charge in [0.05, 0.1) is 30.7 Å². The predicted molar refractivity (Wildman–Crippen MR) is 152 cm³/mol. The van der Waals surface area contributed by atoms with Gasteiger partial charge in [0.1, 0.15) is 0 Å². The summed E-state index contributed by atoms with van der Waals surface area (Å²) in [6.45, 7) is 9.31. The minimum atomic E-state index is -0.721. The van der Waals surface area contributed by atoms with Crippen molar-refractivity contribution in [2.45, 2.75) is 59.5 Å². The first kappa shape index (κ1) is 29.1. The highest BCUT2D eigenvalue weighted by atomic mass is 35.5. The number of ether oxygens (including phenoxy) is 2. The Bertz CT molecular complexity index is 1370. The number of carbonyl (C=O) groups is 3. The van der Waals surface area contributed by atoms with Gasteiger partial charge in [-0.3, -0.25) is 14.4 Å². The summed E-state index contributed by atoms with van der Waals surface area (Å²) in [5.74, 6) is -0.596. The quantitative estimate of drug-likeness (QED) is 0.283.